The molecule has 1 aliphatic rings. The summed E-state index contributed by atoms with van der Waals surface area (Å²) in [6.45, 7) is 5.20. The maximum absolute atomic E-state index is 11.9. The third-order valence-electron chi connectivity index (χ3n) is 3.26. The molecule has 2 aromatic heterocycles. The van der Waals surface area contributed by atoms with E-state index in [1.54, 1.807) is 0 Å². The number of rotatable bonds is 2. The van der Waals surface area contributed by atoms with Crippen molar-refractivity contribution in [2.24, 2.45) is 0 Å². The molecule has 0 aliphatic carbocycles. The van der Waals surface area contributed by atoms with Gasteiger partial charge < -0.3 is 14.6 Å². The number of halogens is 1. The standard InChI is InChI=1S/C13H14BrN3O2/c1-3-19-10-5-8-4-9-13(18)15-6-7(2)17(9)12(8)16-11(10)14/h4-5,7H,3,6H2,1-2H3,(H,15,18)/t7-/m1/s1. The maximum atomic E-state index is 11.9. The summed E-state index contributed by atoms with van der Waals surface area (Å²) >= 11 is 3.42. The number of carbonyl (C=O) groups excluding carboxylic acids is 1. The largest absolute Gasteiger partial charge is 0.491 e. The van der Waals surface area contributed by atoms with Crippen molar-refractivity contribution in [3.05, 3.63) is 22.4 Å². The molecule has 19 heavy (non-hydrogen) atoms. The lowest BCUT2D eigenvalue weighted by Crippen LogP contribution is -2.37. The molecule has 6 heteroatoms. The molecule has 1 N–H and O–H groups in total. The molecular weight excluding hydrogens is 310 g/mol. The number of nitrogens with zero attached hydrogens (tertiary/aromatic N) is 2. The number of hydrogen-bond donors (Lipinski definition) is 1. The van der Waals surface area contributed by atoms with Crippen molar-refractivity contribution in [2.45, 2.75) is 19.9 Å². The fourth-order valence-corrected chi connectivity index (χ4v) is 2.81. The molecule has 0 unspecified atom stereocenters. The summed E-state index contributed by atoms with van der Waals surface area (Å²) in [6.07, 6.45) is 0. The van der Waals surface area contributed by atoms with E-state index in [4.69, 9.17) is 4.74 Å². The average molecular weight is 324 g/mol. The molecule has 0 spiro atoms. The summed E-state index contributed by atoms with van der Waals surface area (Å²) in [5.74, 6) is 0.649. The molecule has 0 saturated carbocycles. The van der Waals surface area contributed by atoms with Gasteiger partial charge >= 0.3 is 0 Å². The molecule has 0 radical (unpaired) electrons. The molecule has 0 saturated heterocycles. The normalized spacial score (nSPS) is 18.3. The minimum atomic E-state index is -0.0508. The molecule has 1 atom stereocenters. The van der Waals surface area contributed by atoms with Gasteiger partial charge in [0.25, 0.3) is 5.91 Å². The number of aromatic nitrogens is 2. The third-order valence-corrected chi connectivity index (χ3v) is 3.83. The smallest absolute Gasteiger partial charge is 0.268 e. The Balaban J connectivity index is 2.25. The Hall–Kier alpha value is -1.56. The van der Waals surface area contributed by atoms with Gasteiger partial charge in [0.05, 0.1) is 12.6 Å². The van der Waals surface area contributed by atoms with Gasteiger partial charge in [-0.1, -0.05) is 0 Å². The van der Waals surface area contributed by atoms with E-state index in [0.717, 1.165) is 11.0 Å². The van der Waals surface area contributed by atoms with E-state index in [9.17, 15) is 4.79 Å². The number of ether oxygens (including phenoxy) is 1. The lowest BCUT2D eigenvalue weighted by molar-refractivity contribution is 0.0919. The van der Waals surface area contributed by atoms with Crippen LogP contribution in [0.2, 0.25) is 0 Å². The first-order valence-electron chi connectivity index (χ1n) is 6.24. The van der Waals surface area contributed by atoms with Gasteiger partial charge in [-0.2, -0.15) is 0 Å². The third kappa shape index (κ3) is 1.90. The SMILES string of the molecule is CCOc1cc2cc3n(c2nc1Br)[C@H](C)CNC3=O. The van der Waals surface area contributed by atoms with E-state index < -0.39 is 0 Å². The molecule has 2 aromatic rings. The van der Waals surface area contributed by atoms with E-state index in [1.807, 2.05) is 23.6 Å². The minimum Gasteiger partial charge on any atom is -0.491 e. The average Bonchev–Trinajstić information content (AvgIpc) is 2.74. The van der Waals surface area contributed by atoms with Gasteiger partial charge in [-0.3, -0.25) is 4.79 Å². The second-order valence-electron chi connectivity index (χ2n) is 4.58. The predicted molar refractivity (Wildman–Crippen MR) is 75.6 cm³/mol. The van der Waals surface area contributed by atoms with Crippen LogP contribution < -0.4 is 10.1 Å². The Morgan fingerprint density at radius 1 is 1.58 bits per heavy atom. The first-order chi connectivity index (χ1) is 9.11. The van der Waals surface area contributed by atoms with E-state index in [-0.39, 0.29) is 11.9 Å². The molecular formula is C13H14BrN3O2. The van der Waals surface area contributed by atoms with Crippen LogP contribution in [0.4, 0.5) is 0 Å². The van der Waals surface area contributed by atoms with Crippen LogP contribution in [0.25, 0.3) is 11.0 Å². The summed E-state index contributed by atoms with van der Waals surface area (Å²) in [6, 6.07) is 3.98. The molecule has 100 valence electrons. The van der Waals surface area contributed by atoms with Crippen LogP contribution in [0, 0.1) is 0 Å². The summed E-state index contributed by atoms with van der Waals surface area (Å²) < 4.78 is 8.16. The number of amides is 1. The molecule has 3 rings (SSSR count). The van der Waals surface area contributed by atoms with Crippen LogP contribution in [-0.2, 0) is 0 Å². The zero-order valence-corrected chi connectivity index (χ0v) is 12.3. The molecule has 0 bridgehead atoms. The molecule has 1 aliphatic heterocycles. The highest BCUT2D eigenvalue weighted by Gasteiger charge is 2.25. The van der Waals surface area contributed by atoms with Crippen LogP contribution in [0.1, 0.15) is 30.4 Å². The van der Waals surface area contributed by atoms with E-state index in [1.165, 1.54) is 0 Å². The van der Waals surface area contributed by atoms with Gasteiger partial charge in [0.15, 0.2) is 5.75 Å². The van der Waals surface area contributed by atoms with E-state index >= 15 is 0 Å². The van der Waals surface area contributed by atoms with Gasteiger partial charge in [0, 0.05) is 11.9 Å². The maximum Gasteiger partial charge on any atom is 0.268 e. The van der Waals surface area contributed by atoms with Crippen molar-refractivity contribution < 1.29 is 9.53 Å². The second-order valence-corrected chi connectivity index (χ2v) is 5.33. The number of hydrogen-bond acceptors (Lipinski definition) is 3. The van der Waals surface area contributed by atoms with Gasteiger partial charge in [-0.05, 0) is 41.9 Å². The van der Waals surface area contributed by atoms with Gasteiger partial charge in [-0.25, -0.2) is 4.98 Å². The summed E-state index contributed by atoms with van der Waals surface area (Å²) in [7, 11) is 0. The van der Waals surface area contributed by atoms with Crippen molar-refractivity contribution in [2.75, 3.05) is 13.2 Å². The summed E-state index contributed by atoms with van der Waals surface area (Å²) in [5.41, 5.74) is 1.47. The van der Waals surface area contributed by atoms with Crippen LogP contribution in [0.15, 0.2) is 16.7 Å². The van der Waals surface area contributed by atoms with Gasteiger partial charge in [0.2, 0.25) is 0 Å². The van der Waals surface area contributed by atoms with Crippen LogP contribution in [-0.4, -0.2) is 28.6 Å². The van der Waals surface area contributed by atoms with Crippen molar-refractivity contribution in [3.63, 3.8) is 0 Å². The lowest BCUT2D eigenvalue weighted by Gasteiger charge is -2.23. The molecule has 1 amide bonds. The van der Waals surface area contributed by atoms with Crippen LogP contribution in [0.5, 0.6) is 5.75 Å². The monoisotopic (exact) mass is 323 g/mol. The number of nitrogens with one attached hydrogen (secondary N) is 1. The van der Waals surface area contributed by atoms with Crippen molar-refractivity contribution in [1.29, 1.82) is 0 Å². The Kier molecular flexibility index (Phi) is 2.97. The topological polar surface area (TPSA) is 56.1 Å². The first kappa shape index (κ1) is 12.5. The second kappa shape index (κ2) is 4.52. The lowest BCUT2D eigenvalue weighted by atomic mass is 10.2. The number of fused-ring (bicyclic) bond motifs is 3. The number of carbonyl (C=O) groups is 1. The van der Waals surface area contributed by atoms with Crippen molar-refractivity contribution in [3.8, 4) is 5.75 Å². The predicted octanol–water partition coefficient (Wildman–Crippen LogP) is 2.50. The Morgan fingerprint density at radius 2 is 2.37 bits per heavy atom. The molecule has 5 nitrogen and oxygen atoms in total. The zero-order valence-electron chi connectivity index (χ0n) is 10.7. The van der Waals surface area contributed by atoms with Crippen LogP contribution >= 0.6 is 15.9 Å². The highest BCUT2D eigenvalue weighted by molar-refractivity contribution is 9.10. The fraction of sp³-hybridized carbons (Fsp3) is 0.385. The first-order valence-corrected chi connectivity index (χ1v) is 7.03. The highest BCUT2D eigenvalue weighted by Crippen LogP contribution is 2.32. The molecule has 0 fully saturated rings. The summed E-state index contributed by atoms with van der Waals surface area (Å²) in [5, 5.41) is 3.79. The molecule has 3 heterocycles. The Bertz CT molecular complexity index is 665. The van der Waals surface area contributed by atoms with Gasteiger partial charge in [-0.15, -0.1) is 0 Å². The van der Waals surface area contributed by atoms with Crippen molar-refractivity contribution >= 4 is 32.9 Å². The fourth-order valence-electron chi connectivity index (χ4n) is 2.41. The van der Waals surface area contributed by atoms with E-state index in [0.29, 0.717) is 29.2 Å². The molecule has 0 aromatic carbocycles. The summed E-state index contributed by atoms with van der Waals surface area (Å²) in [4.78, 5) is 16.4. The van der Waals surface area contributed by atoms with Crippen molar-refractivity contribution in [1.82, 2.24) is 14.9 Å². The van der Waals surface area contributed by atoms with Gasteiger partial charge in [0.1, 0.15) is 15.9 Å². The highest BCUT2D eigenvalue weighted by atomic mass is 79.9. The zero-order chi connectivity index (χ0) is 13.6. The van der Waals surface area contributed by atoms with E-state index in [2.05, 4.69) is 33.2 Å². The van der Waals surface area contributed by atoms with Crippen LogP contribution in [0.3, 0.4) is 0 Å². The Labute approximate surface area is 119 Å². The number of pyridine rings is 1. The quantitative estimate of drug-likeness (QED) is 0.864. The Morgan fingerprint density at radius 3 is 3.11 bits per heavy atom. The minimum absolute atomic E-state index is 0.0508.